The van der Waals surface area contributed by atoms with Crippen LogP contribution in [0.4, 0.5) is 0 Å². The van der Waals surface area contributed by atoms with Crippen molar-refractivity contribution in [2.45, 2.75) is 76.2 Å². The fourth-order valence-corrected chi connectivity index (χ4v) is 3.05. The first kappa shape index (κ1) is 15.2. The average molecular weight is 271 g/mol. The fraction of sp³-hybridized carbons (Fsp3) is 1.00. The molecule has 0 aliphatic carbocycles. The number of rotatable bonds is 10. The molecule has 0 spiro atoms. The first-order chi connectivity index (χ1) is 9.29. The molecule has 4 unspecified atom stereocenters. The second-order valence-corrected chi connectivity index (χ2v) is 5.91. The number of hydrogen-bond acceptors (Lipinski definition) is 4. The molecule has 4 atom stereocenters. The van der Waals surface area contributed by atoms with Gasteiger partial charge in [0.05, 0.1) is 24.9 Å². The van der Waals surface area contributed by atoms with Gasteiger partial charge in [0, 0.05) is 19.2 Å². The summed E-state index contributed by atoms with van der Waals surface area (Å²) < 4.78 is 11.3. The van der Waals surface area contributed by atoms with Gasteiger partial charge in [-0.1, -0.05) is 26.2 Å². The van der Waals surface area contributed by atoms with Crippen LogP contribution in [-0.2, 0) is 9.47 Å². The van der Waals surface area contributed by atoms with Crippen molar-refractivity contribution in [2.75, 3.05) is 19.8 Å². The van der Waals surface area contributed by atoms with E-state index < -0.39 is 6.10 Å². The zero-order valence-corrected chi connectivity index (χ0v) is 12.1. The molecule has 4 heteroatoms. The number of ether oxygens (including phenoxy) is 2. The first-order valence-corrected chi connectivity index (χ1v) is 7.94. The normalized spacial score (nSPS) is 30.9. The van der Waals surface area contributed by atoms with Crippen molar-refractivity contribution in [1.29, 1.82) is 0 Å². The molecule has 19 heavy (non-hydrogen) atoms. The predicted octanol–water partition coefficient (Wildman–Crippen LogP) is 1.85. The van der Waals surface area contributed by atoms with Crippen molar-refractivity contribution in [3.8, 4) is 0 Å². The minimum absolute atomic E-state index is 0.382. The summed E-state index contributed by atoms with van der Waals surface area (Å²) in [6, 6.07) is 0.443. The monoisotopic (exact) mass is 271 g/mol. The molecular weight excluding hydrogens is 242 g/mol. The number of unbranched alkanes of at least 4 members (excludes halogenated alkanes) is 3. The van der Waals surface area contributed by atoms with E-state index >= 15 is 0 Å². The molecule has 0 aromatic heterocycles. The summed E-state index contributed by atoms with van der Waals surface area (Å²) >= 11 is 0. The van der Waals surface area contributed by atoms with Crippen LogP contribution < -0.4 is 5.32 Å². The topological polar surface area (TPSA) is 50.7 Å². The lowest BCUT2D eigenvalue weighted by atomic mass is 9.95. The Kier molecular flexibility index (Phi) is 6.57. The van der Waals surface area contributed by atoms with E-state index in [0.29, 0.717) is 31.4 Å². The van der Waals surface area contributed by atoms with Crippen molar-refractivity contribution in [1.82, 2.24) is 5.32 Å². The highest BCUT2D eigenvalue weighted by atomic mass is 16.5. The molecule has 2 N–H and O–H groups in total. The van der Waals surface area contributed by atoms with Gasteiger partial charge in [-0.05, 0) is 25.7 Å². The Morgan fingerprint density at radius 2 is 2.21 bits per heavy atom. The lowest BCUT2D eigenvalue weighted by Crippen LogP contribution is -2.42. The van der Waals surface area contributed by atoms with Crippen molar-refractivity contribution in [2.24, 2.45) is 0 Å². The summed E-state index contributed by atoms with van der Waals surface area (Å²) in [7, 11) is 0. The van der Waals surface area contributed by atoms with E-state index in [9.17, 15) is 5.11 Å². The third-order valence-corrected chi connectivity index (χ3v) is 4.17. The summed E-state index contributed by atoms with van der Waals surface area (Å²) in [5.74, 6) is 0. The summed E-state index contributed by atoms with van der Waals surface area (Å²) in [4.78, 5) is 0. The number of nitrogens with one attached hydrogen (secondary N) is 1. The lowest BCUT2D eigenvalue weighted by Gasteiger charge is -2.22. The Bertz CT molecular complexity index is 250. The molecule has 2 rings (SSSR count). The van der Waals surface area contributed by atoms with Crippen LogP contribution in [0.1, 0.15) is 51.9 Å². The van der Waals surface area contributed by atoms with Crippen LogP contribution in [0, 0.1) is 0 Å². The number of hydrogen-bond donors (Lipinski definition) is 2. The maximum atomic E-state index is 9.85. The maximum absolute atomic E-state index is 9.85. The Morgan fingerprint density at radius 3 is 2.89 bits per heavy atom. The number of fused-ring (bicyclic) bond motifs is 2. The van der Waals surface area contributed by atoms with Gasteiger partial charge in [-0.3, -0.25) is 0 Å². The molecule has 2 heterocycles. The number of aliphatic hydroxyl groups excluding tert-OH is 1. The third-order valence-electron chi connectivity index (χ3n) is 4.17. The molecule has 0 saturated carbocycles. The van der Waals surface area contributed by atoms with Gasteiger partial charge in [0.25, 0.3) is 0 Å². The first-order valence-electron chi connectivity index (χ1n) is 7.94. The maximum Gasteiger partial charge on any atom is 0.0897 e. The van der Waals surface area contributed by atoms with Gasteiger partial charge in [-0.25, -0.2) is 0 Å². The highest BCUT2D eigenvalue weighted by Crippen LogP contribution is 2.34. The van der Waals surface area contributed by atoms with Crippen LogP contribution in [-0.4, -0.2) is 49.2 Å². The molecule has 0 aromatic carbocycles. The van der Waals surface area contributed by atoms with Gasteiger partial charge in [0.2, 0.25) is 0 Å². The van der Waals surface area contributed by atoms with Crippen molar-refractivity contribution in [3.05, 3.63) is 0 Å². The highest BCUT2D eigenvalue weighted by molar-refractivity contribution is 4.94. The van der Waals surface area contributed by atoms with Crippen molar-refractivity contribution < 1.29 is 14.6 Å². The van der Waals surface area contributed by atoms with Gasteiger partial charge in [0.15, 0.2) is 0 Å². The van der Waals surface area contributed by atoms with E-state index in [-0.39, 0.29) is 0 Å². The van der Waals surface area contributed by atoms with Gasteiger partial charge in [-0.15, -0.1) is 0 Å². The second kappa shape index (κ2) is 8.20. The molecule has 0 radical (unpaired) electrons. The van der Waals surface area contributed by atoms with E-state index in [1.54, 1.807) is 0 Å². The van der Waals surface area contributed by atoms with Crippen molar-refractivity contribution in [3.63, 3.8) is 0 Å². The van der Waals surface area contributed by atoms with E-state index in [1.807, 2.05) is 0 Å². The molecule has 112 valence electrons. The molecule has 0 aromatic rings. The number of aliphatic hydroxyl groups is 1. The molecule has 0 amide bonds. The average Bonchev–Trinajstić information content (AvgIpc) is 3.02. The molecule has 2 aliphatic rings. The van der Waals surface area contributed by atoms with Crippen LogP contribution in [0.3, 0.4) is 0 Å². The zero-order valence-electron chi connectivity index (χ0n) is 12.1. The van der Waals surface area contributed by atoms with Gasteiger partial charge in [-0.2, -0.15) is 0 Å². The van der Waals surface area contributed by atoms with Crippen LogP contribution in [0.2, 0.25) is 0 Å². The largest absolute Gasteiger partial charge is 0.389 e. The lowest BCUT2D eigenvalue weighted by molar-refractivity contribution is 0.0321. The van der Waals surface area contributed by atoms with Crippen molar-refractivity contribution >= 4 is 0 Å². The van der Waals surface area contributed by atoms with Crippen LogP contribution >= 0.6 is 0 Å². The Morgan fingerprint density at radius 1 is 1.32 bits per heavy atom. The minimum Gasteiger partial charge on any atom is -0.389 e. The fourth-order valence-electron chi connectivity index (χ4n) is 3.05. The van der Waals surface area contributed by atoms with E-state index in [0.717, 1.165) is 19.4 Å². The SMILES string of the molecule is CCCCCCOCC(O)CNC1CC2CCC1O2. The van der Waals surface area contributed by atoms with Gasteiger partial charge in [0.1, 0.15) is 0 Å². The van der Waals surface area contributed by atoms with Crippen LogP contribution in [0.25, 0.3) is 0 Å². The summed E-state index contributed by atoms with van der Waals surface area (Å²) in [5.41, 5.74) is 0. The van der Waals surface area contributed by atoms with E-state index in [4.69, 9.17) is 9.47 Å². The van der Waals surface area contributed by atoms with Crippen LogP contribution in [0.5, 0.6) is 0 Å². The quantitative estimate of drug-likeness (QED) is 0.595. The third kappa shape index (κ3) is 5.03. The molecule has 4 nitrogen and oxygen atoms in total. The minimum atomic E-state index is -0.398. The van der Waals surface area contributed by atoms with E-state index in [1.165, 1.54) is 32.1 Å². The smallest absolute Gasteiger partial charge is 0.0897 e. The molecule has 2 saturated heterocycles. The second-order valence-electron chi connectivity index (χ2n) is 5.91. The Balaban J connectivity index is 1.45. The Labute approximate surface area is 116 Å². The molecular formula is C15H29NO3. The standard InChI is InChI=1S/C15H29NO3/c1-2-3-4-5-8-18-11-12(17)10-16-14-9-13-6-7-15(14)19-13/h12-17H,2-11H2,1H3. The predicted molar refractivity (Wildman–Crippen MR) is 75.3 cm³/mol. The molecule has 2 aliphatic heterocycles. The van der Waals surface area contributed by atoms with Gasteiger partial charge >= 0.3 is 0 Å². The molecule has 2 fully saturated rings. The van der Waals surface area contributed by atoms with Gasteiger partial charge < -0.3 is 19.9 Å². The van der Waals surface area contributed by atoms with E-state index in [2.05, 4.69) is 12.2 Å². The molecule has 2 bridgehead atoms. The van der Waals surface area contributed by atoms with Crippen LogP contribution in [0.15, 0.2) is 0 Å². The highest BCUT2D eigenvalue weighted by Gasteiger charge is 2.40. The summed E-state index contributed by atoms with van der Waals surface area (Å²) in [5, 5.41) is 13.3. The summed E-state index contributed by atoms with van der Waals surface area (Å²) in [6.45, 7) is 4.04. The Hall–Kier alpha value is -0.160. The zero-order chi connectivity index (χ0) is 13.5. The summed E-state index contributed by atoms with van der Waals surface area (Å²) in [6.07, 6.45) is 8.80.